The second kappa shape index (κ2) is 5.48. The first-order valence-electron chi connectivity index (χ1n) is 6.77. The Bertz CT molecular complexity index is 691. The molecule has 21 heavy (non-hydrogen) atoms. The lowest BCUT2D eigenvalue weighted by atomic mass is 10.0. The average Bonchev–Trinajstić information content (AvgIpc) is 2.95. The van der Waals surface area contributed by atoms with Crippen LogP contribution >= 0.6 is 0 Å². The van der Waals surface area contributed by atoms with E-state index in [0.29, 0.717) is 11.3 Å². The first-order valence-corrected chi connectivity index (χ1v) is 6.77. The molecule has 4 nitrogen and oxygen atoms in total. The van der Waals surface area contributed by atoms with Crippen molar-refractivity contribution < 1.29 is 19.0 Å². The molecule has 1 heterocycles. The van der Waals surface area contributed by atoms with Crippen LogP contribution in [0.2, 0.25) is 0 Å². The molecule has 1 aliphatic rings. The van der Waals surface area contributed by atoms with Gasteiger partial charge in [0.25, 0.3) is 0 Å². The van der Waals surface area contributed by atoms with Gasteiger partial charge in [-0.1, -0.05) is 18.2 Å². The number of carbonyl (C=O) groups is 1. The molecule has 0 saturated carbocycles. The summed E-state index contributed by atoms with van der Waals surface area (Å²) in [5.41, 5.74) is 3.51. The van der Waals surface area contributed by atoms with Crippen LogP contribution in [0.3, 0.4) is 0 Å². The van der Waals surface area contributed by atoms with Crippen LogP contribution in [0, 0.1) is 13.8 Å². The minimum Gasteiger partial charge on any atom is -0.457 e. The fraction of sp³-hybridized carbons (Fsp3) is 0.235. The highest BCUT2D eigenvalue weighted by atomic mass is 16.7. The van der Waals surface area contributed by atoms with E-state index in [1.165, 1.54) is 0 Å². The number of hydrogen-bond donors (Lipinski definition) is 0. The normalized spacial score (nSPS) is 12.3. The quantitative estimate of drug-likeness (QED) is 0.810. The third-order valence-corrected chi connectivity index (χ3v) is 3.63. The molecule has 3 rings (SSSR count). The molecule has 0 saturated heterocycles. The zero-order valence-corrected chi connectivity index (χ0v) is 12.0. The molecule has 0 N–H and O–H groups in total. The predicted octanol–water partition coefficient (Wildman–Crippen LogP) is 3.39. The van der Waals surface area contributed by atoms with Crippen LogP contribution in [-0.2, 0) is 11.3 Å². The average molecular weight is 284 g/mol. The molecule has 0 bridgehead atoms. The van der Waals surface area contributed by atoms with Crippen LogP contribution in [0.5, 0.6) is 11.5 Å². The molecular weight excluding hydrogens is 268 g/mol. The number of carbonyl (C=O) groups excluding carboxylic acids is 1. The van der Waals surface area contributed by atoms with Crippen LogP contribution in [0.15, 0.2) is 36.4 Å². The van der Waals surface area contributed by atoms with Gasteiger partial charge in [0.15, 0.2) is 11.5 Å². The van der Waals surface area contributed by atoms with Crippen molar-refractivity contribution in [3.63, 3.8) is 0 Å². The van der Waals surface area contributed by atoms with Gasteiger partial charge in [-0.05, 0) is 48.7 Å². The van der Waals surface area contributed by atoms with Crippen molar-refractivity contribution in [2.75, 3.05) is 6.79 Å². The zero-order chi connectivity index (χ0) is 14.8. The molecule has 0 unspecified atom stereocenters. The van der Waals surface area contributed by atoms with Crippen LogP contribution < -0.4 is 9.47 Å². The van der Waals surface area contributed by atoms with Gasteiger partial charge in [-0.25, -0.2) is 4.79 Å². The summed E-state index contributed by atoms with van der Waals surface area (Å²) in [5, 5.41) is 0. The molecular formula is C17H16O4. The van der Waals surface area contributed by atoms with Crippen molar-refractivity contribution in [1.82, 2.24) is 0 Å². The van der Waals surface area contributed by atoms with E-state index in [4.69, 9.17) is 14.2 Å². The second-order valence-electron chi connectivity index (χ2n) is 5.01. The van der Waals surface area contributed by atoms with Crippen LogP contribution in [0.1, 0.15) is 27.0 Å². The number of benzene rings is 2. The number of ether oxygens (including phenoxy) is 3. The largest absolute Gasteiger partial charge is 0.457 e. The van der Waals surface area contributed by atoms with E-state index >= 15 is 0 Å². The SMILES string of the molecule is Cc1cccc(C(=O)OCc2ccc3c(c2)OCO3)c1C. The standard InChI is InChI=1S/C17H16O4/c1-11-4-3-5-14(12(11)2)17(18)19-9-13-6-7-15-16(8-13)21-10-20-15/h3-8H,9-10H2,1-2H3. The third kappa shape index (κ3) is 2.70. The van der Waals surface area contributed by atoms with Crippen LogP contribution in [-0.4, -0.2) is 12.8 Å². The second-order valence-corrected chi connectivity index (χ2v) is 5.01. The van der Waals surface area contributed by atoms with Gasteiger partial charge in [0.1, 0.15) is 6.61 Å². The summed E-state index contributed by atoms with van der Waals surface area (Å²) in [5.74, 6) is 1.10. The fourth-order valence-electron chi connectivity index (χ4n) is 2.23. The Labute approximate surface area is 123 Å². The van der Waals surface area contributed by atoms with Crippen molar-refractivity contribution >= 4 is 5.97 Å². The Morgan fingerprint density at radius 1 is 1.14 bits per heavy atom. The number of fused-ring (bicyclic) bond motifs is 1. The molecule has 1 aliphatic heterocycles. The van der Waals surface area contributed by atoms with E-state index < -0.39 is 0 Å². The topological polar surface area (TPSA) is 44.8 Å². The van der Waals surface area contributed by atoms with E-state index in [1.807, 2.05) is 44.2 Å². The lowest BCUT2D eigenvalue weighted by Gasteiger charge is -2.09. The molecule has 0 amide bonds. The van der Waals surface area contributed by atoms with Gasteiger partial charge in [0.05, 0.1) is 5.56 Å². The van der Waals surface area contributed by atoms with E-state index in [2.05, 4.69) is 0 Å². The van der Waals surface area contributed by atoms with Crippen molar-refractivity contribution in [3.05, 3.63) is 58.7 Å². The Morgan fingerprint density at radius 3 is 2.81 bits per heavy atom. The summed E-state index contributed by atoms with van der Waals surface area (Å²) in [6, 6.07) is 11.1. The molecule has 0 spiro atoms. The predicted molar refractivity (Wildman–Crippen MR) is 77.6 cm³/mol. The van der Waals surface area contributed by atoms with E-state index in [1.54, 1.807) is 6.07 Å². The van der Waals surface area contributed by atoms with E-state index in [-0.39, 0.29) is 19.4 Å². The molecule has 4 heteroatoms. The Hall–Kier alpha value is -2.49. The maximum Gasteiger partial charge on any atom is 0.338 e. The molecule has 0 fully saturated rings. The third-order valence-electron chi connectivity index (χ3n) is 3.63. The van der Waals surface area contributed by atoms with Gasteiger partial charge in [0, 0.05) is 0 Å². The maximum absolute atomic E-state index is 12.1. The minimum atomic E-state index is -0.311. The highest BCUT2D eigenvalue weighted by Gasteiger charge is 2.15. The van der Waals surface area contributed by atoms with Gasteiger partial charge in [-0.2, -0.15) is 0 Å². The van der Waals surface area contributed by atoms with Crippen molar-refractivity contribution in [3.8, 4) is 11.5 Å². The molecule has 0 aliphatic carbocycles. The molecule has 0 radical (unpaired) electrons. The lowest BCUT2D eigenvalue weighted by Crippen LogP contribution is -2.07. The van der Waals surface area contributed by atoms with Crippen molar-refractivity contribution in [2.24, 2.45) is 0 Å². The number of hydrogen-bond acceptors (Lipinski definition) is 4. The minimum absolute atomic E-state index is 0.211. The highest BCUT2D eigenvalue weighted by Crippen LogP contribution is 2.32. The number of aryl methyl sites for hydroxylation is 1. The Balaban J connectivity index is 1.70. The van der Waals surface area contributed by atoms with Gasteiger partial charge in [0.2, 0.25) is 6.79 Å². The van der Waals surface area contributed by atoms with Gasteiger partial charge >= 0.3 is 5.97 Å². The molecule has 108 valence electrons. The molecule has 2 aromatic carbocycles. The lowest BCUT2D eigenvalue weighted by molar-refractivity contribution is 0.0471. The van der Waals surface area contributed by atoms with Crippen LogP contribution in [0.4, 0.5) is 0 Å². The first kappa shape index (κ1) is 13.5. The maximum atomic E-state index is 12.1. The summed E-state index contributed by atoms with van der Waals surface area (Å²) in [7, 11) is 0. The van der Waals surface area contributed by atoms with E-state index in [9.17, 15) is 4.79 Å². The summed E-state index contributed by atoms with van der Waals surface area (Å²) in [6.07, 6.45) is 0. The smallest absolute Gasteiger partial charge is 0.338 e. The molecule has 0 aromatic heterocycles. The summed E-state index contributed by atoms with van der Waals surface area (Å²) in [4.78, 5) is 12.1. The Kier molecular flexibility index (Phi) is 3.52. The summed E-state index contributed by atoms with van der Waals surface area (Å²) >= 11 is 0. The highest BCUT2D eigenvalue weighted by molar-refractivity contribution is 5.91. The van der Waals surface area contributed by atoms with Gasteiger partial charge in [-0.15, -0.1) is 0 Å². The monoisotopic (exact) mass is 284 g/mol. The number of rotatable bonds is 3. The van der Waals surface area contributed by atoms with Crippen molar-refractivity contribution in [2.45, 2.75) is 20.5 Å². The fourth-order valence-corrected chi connectivity index (χ4v) is 2.23. The number of esters is 1. The zero-order valence-electron chi connectivity index (χ0n) is 12.0. The summed E-state index contributed by atoms with van der Waals surface area (Å²) in [6.45, 7) is 4.35. The summed E-state index contributed by atoms with van der Waals surface area (Å²) < 4.78 is 15.9. The van der Waals surface area contributed by atoms with Gasteiger partial charge in [-0.3, -0.25) is 0 Å². The van der Waals surface area contributed by atoms with Crippen molar-refractivity contribution in [1.29, 1.82) is 0 Å². The van der Waals surface area contributed by atoms with E-state index in [0.717, 1.165) is 22.4 Å². The van der Waals surface area contributed by atoms with Crippen LogP contribution in [0.25, 0.3) is 0 Å². The molecule has 2 aromatic rings. The molecule has 0 atom stereocenters. The Morgan fingerprint density at radius 2 is 1.95 bits per heavy atom. The first-order chi connectivity index (χ1) is 10.1. The van der Waals surface area contributed by atoms with Gasteiger partial charge < -0.3 is 14.2 Å².